The number of pyridine rings is 1. The van der Waals surface area contributed by atoms with E-state index in [0.29, 0.717) is 5.56 Å². The van der Waals surface area contributed by atoms with Crippen molar-refractivity contribution in [2.75, 3.05) is 5.73 Å². The second-order valence-electron chi connectivity index (χ2n) is 5.04. The van der Waals surface area contributed by atoms with Crippen LogP contribution in [-0.4, -0.2) is 23.2 Å². The molecule has 3 aromatic rings. The van der Waals surface area contributed by atoms with Gasteiger partial charge in [-0.1, -0.05) is 12.1 Å². The number of nitrogens with two attached hydrogens (primary N) is 2. The smallest absolute Gasteiger partial charge is 0.239 e. The summed E-state index contributed by atoms with van der Waals surface area (Å²) in [5.41, 5.74) is 6.57. The monoisotopic (exact) mass is 358 g/mol. The Kier molecular flexibility index (Phi) is 3.96. The summed E-state index contributed by atoms with van der Waals surface area (Å²) in [5, 5.41) is 18.6. The third-order valence-corrected chi connectivity index (χ3v) is 4.30. The molecule has 25 heavy (non-hydrogen) atoms. The minimum Gasteiger partial charge on any atom is -0.382 e. The third-order valence-electron chi connectivity index (χ3n) is 3.40. The van der Waals surface area contributed by atoms with Crippen LogP contribution in [0.4, 0.5) is 10.2 Å². The van der Waals surface area contributed by atoms with Gasteiger partial charge >= 0.3 is 0 Å². The molecule has 0 spiro atoms. The van der Waals surface area contributed by atoms with E-state index in [1.165, 1.54) is 35.0 Å². The molecule has 2 aromatic heterocycles. The summed E-state index contributed by atoms with van der Waals surface area (Å²) < 4.78 is 37.2. The number of rotatable bonds is 3. The Morgan fingerprint density at radius 1 is 1.24 bits per heavy atom. The van der Waals surface area contributed by atoms with Gasteiger partial charge in [-0.15, -0.1) is 0 Å². The van der Waals surface area contributed by atoms with Gasteiger partial charge in [0.2, 0.25) is 10.0 Å². The summed E-state index contributed by atoms with van der Waals surface area (Å²) in [6.07, 6.45) is 1.06. The Hall–Kier alpha value is -3.29. The highest BCUT2D eigenvalue weighted by atomic mass is 32.2. The zero-order valence-corrected chi connectivity index (χ0v) is 13.4. The Morgan fingerprint density at radius 2 is 2.00 bits per heavy atom. The third kappa shape index (κ3) is 3.06. The van der Waals surface area contributed by atoms with Gasteiger partial charge in [0, 0.05) is 11.8 Å². The van der Waals surface area contributed by atoms with Gasteiger partial charge in [-0.25, -0.2) is 22.9 Å². The molecule has 0 aliphatic heterocycles. The van der Waals surface area contributed by atoms with Gasteiger partial charge in [0.15, 0.2) is 5.82 Å². The molecule has 0 bridgehead atoms. The Balaban J connectivity index is 2.14. The van der Waals surface area contributed by atoms with Crippen molar-refractivity contribution in [1.29, 1.82) is 5.26 Å². The zero-order chi connectivity index (χ0) is 18.2. The van der Waals surface area contributed by atoms with E-state index in [2.05, 4.69) is 10.1 Å². The molecular formula is C15H11FN6O2S. The molecule has 2 heterocycles. The van der Waals surface area contributed by atoms with Crippen molar-refractivity contribution < 1.29 is 12.8 Å². The molecule has 3 rings (SSSR count). The SMILES string of the molecule is N#Cc1c(-c2cccc(F)c2)nn(-c2ccc(S(N)(=O)=O)cn2)c1N. The molecule has 0 fully saturated rings. The fraction of sp³-hybridized carbons (Fsp3) is 0. The molecule has 0 saturated heterocycles. The molecule has 8 nitrogen and oxygen atoms in total. The van der Waals surface area contributed by atoms with Crippen molar-refractivity contribution in [3.8, 4) is 23.1 Å². The predicted molar refractivity (Wildman–Crippen MR) is 87.3 cm³/mol. The van der Waals surface area contributed by atoms with Crippen LogP contribution >= 0.6 is 0 Å². The molecule has 10 heteroatoms. The number of benzene rings is 1. The maximum atomic E-state index is 13.4. The summed E-state index contributed by atoms with van der Waals surface area (Å²) in [6, 6.07) is 10.1. The number of sulfonamides is 1. The molecule has 1 aromatic carbocycles. The van der Waals surface area contributed by atoms with Crippen molar-refractivity contribution in [2.24, 2.45) is 5.14 Å². The lowest BCUT2D eigenvalue weighted by atomic mass is 10.1. The lowest BCUT2D eigenvalue weighted by molar-refractivity contribution is 0.597. The number of nitrogens with zero attached hydrogens (tertiary/aromatic N) is 4. The second-order valence-corrected chi connectivity index (χ2v) is 6.60. The van der Waals surface area contributed by atoms with Crippen LogP contribution in [-0.2, 0) is 10.0 Å². The molecule has 0 aliphatic carbocycles. The maximum absolute atomic E-state index is 13.4. The molecule has 0 saturated carbocycles. The first-order valence-corrected chi connectivity index (χ1v) is 8.39. The minimum atomic E-state index is -3.88. The highest BCUT2D eigenvalue weighted by Gasteiger charge is 2.19. The molecule has 4 N–H and O–H groups in total. The lowest BCUT2D eigenvalue weighted by Crippen LogP contribution is -2.13. The van der Waals surface area contributed by atoms with Crippen molar-refractivity contribution in [2.45, 2.75) is 4.90 Å². The van der Waals surface area contributed by atoms with Gasteiger partial charge < -0.3 is 5.73 Å². The van der Waals surface area contributed by atoms with Crippen LogP contribution in [0.2, 0.25) is 0 Å². The second kappa shape index (κ2) is 5.97. The molecule has 0 unspecified atom stereocenters. The van der Waals surface area contributed by atoms with Crippen LogP contribution < -0.4 is 10.9 Å². The average molecular weight is 358 g/mol. The summed E-state index contributed by atoms with van der Waals surface area (Å²) in [7, 11) is -3.88. The number of primary sulfonamides is 1. The van der Waals surface area contributed by atoms with E-state index < -0.39 is 15.8 Å². The largest absolute Gasteiger partial charge is 0.382 e. The van der Waals surface area contributed by atoms with E-state index in [-0.39, 0.29) is 27.8 Å². The average Bonchev–Trinajstić information content (AvgIpc) is 2.91. The predicted octanol–water partition coefficient (Wildman–Crippen LogP) is 1.17. The van der Waals surface area contributed by atoms with Gasteiger partial charge in [0.25, 0.3) is 0 Å². The fourth-order valence-electron chi connectivity index (χ4n) is 2.22. The van der Waals surface area contributed by atoms with Crippen LogP contribution in [0.3, 0.4) is 0 Å². The van der Waals surface area contributed by atoms with Gasteiger partial charge in [0.05, 0.1) is 0 Å². The highest BCUT2D eigenvalue weighted by Crippen LogP contribution is 2.28. The normalized spacial score (nSPS) is 11.2. The topological polar surface area (TPSA) is 141 Å². The van der Waals surface area contributed by atoms with E-state index in [0.717, 1.165) is 6.20 Å². The lowest BCUT2D eigenvalue weighted by Gasteiger charge is -2.03. The van der Waals surface area contributed by atoms with Crippen LogP contribution in [0.5, 0.6) is 0 Å². The number of halogens is 1. The highest BCUT2D eigenvalue weighted by molar-refractivity contribution is 7.89. The first-order chi connectivity index (χ1) is 11.8. The number of hydrogen-bond donors (Lipinski definition) is 2. The Morgan fingerprint density at radius 3 is 2.56 bits per heavy atom. The van der Waals surface area contributed by atoms with Crippen LogP contribution in [0.15, 0.2) is 47.5 Å². The van der Waals surface area contributed by atoms with E-state index in [1.807, 2.05) is 6.07 Å². The molecule has 0 radical (unpaired) electrons. The van der Waals surface area contributed by atoms with Crippen molar-refractivity contribution in [1.82, 2.24) is 14.8 Å². The van der Waals surface area contributed by atoms with Gasteiger partial charge in [-0.05, 0) is 24.3 Å². The van der Waals surface area contributed by atoms with E-state index >= 15 is 0 Å². The standard InChI is InChI=1S/C15H11FN6O2S/c16-10-3-1-2-9(6-10)14-12(7-17)15(18)22(21-14)13-5-4-11(8-20-13)25(19,23)24/h1-6,8H,18H2,(H2,19,23,24). The van der Waals surface area contributed by atoms with Crippen LogP contribution in [0, 0.1) is 17.1 Å². The number of nitrogen functional groups attached to an aromatic ring is 1. The first-order valence-electron chi connectivity index (χ1n) is 6.85. The Bertz CT molecular complexity index is 1100. The first kappa shape index (κ1) is 16.6. The molecule has 0 atom stereocenters. The molecule has 0 aliphatic rings. The maximum Gasteiger partial charge on any atom is 0.239 e. The zero-order valence-electron chi connectivity index (χ0n) is 12.6. The van der Waals surface area contributed by atoms with Crippen LogP contribution in [0.1, 0.15) is 5.56 Å². The van der Waals surface area contributed by atoms with Gasteiger partial charge in [-0.3, -0.25) is 0 Å². The molecule has 126 valence electrons. The number of nitriles is 1. The van der Waals surface area contributed by atoms with Crippen LogP contribution in [0.25, 0.3) is 17.1 Å². The molecule has 0 amide bonds. The quantitative estimate of drug-likeness (QED) is 0.720. The fourth-order valence-corrected chi connectivity index (χ4v) is 2.68. The summed E-state index contributed by atoms with van der Waals surface area (Å²) >= 11 is 0. The summed E-state index contributed by atoms with van der Waals surface area (Å²) in [6.45, 7) is 0. The number of anilines is 1. The van der Waals surface area contributed by atoms with Crippen molar-refractivity contribution >= 4 is 15.8 Å². The summed E-state index contributed by atoms with van der Waals surface area (Å²) in [4.78, 5) is 3.78. The van der Waals surface area contributed by atoms with Crippen molar-refractivity contribution in [3.63, 3.8) is 0 Å². The van der Waals surface area contributed by atoms with Gasteiger partial charge in [0.1, 0.15) is 33.9 Å². The van der Waals surface area contributed by atoms with E-state index in [1.54, 1.807) is 6.07 Å². The Labute approximate surface area is 142 Å². The number of aromatic nitrogens is 3. The minimum absolute atomic E-state index is 0.00221. The van der Waals surface area contributed by atoms with Crippen molar-refractivity contribution in [3.05, 3.63) is 54.0 Å². The van der Waals surface area contributed by atoms with Gasteiger partial charge in [-0.2, -0.15) is 15.0 Å². The molecular weight excluding hydrogens is 347 g/mol. The summed E-state index contributed by atoms with van der Waals surface area (Å²) in [5.74, 6) is -0.299. The van der Waals surface area contributed by atoms with E-state index in [4.69, 9.17) is 10.9 Å². The number of hydrogen-bond acceptors (Lipinski definition) is 6. The van der Waals surface area contributed by atoms with E-state index in [9.17, 15) is 18.1 Å².